The molecule has 1 aromatic rings. The van der Waals surface area contributed by atoms with Crippen molar-refractivity contribution in [1.82, 2.24) is 4.73 Å². The van der Waals surface area contributed by atoms with Crippen molar-refractivity contribution in [2.75, 3.05) is 5.73 Å². The van der Waals surface area contributed by atoms with Gasteiger partial charge in [-0.3, -0.25) is 4.79 Å². The van der Waals surface area contributed by atoms with Gasteiger partial charge in [-0.1, -0.05) is 0 Å². The van der Waals surface area contributed by atoms with Crippen LogP contribution in [0.15, 0.2) is 17.1 Å². The van der Waals surface area contributed by atoms with Crippen LogP contribution >= 0.6 is 0 Å². The second-order valence-electron chi connectivity index (χ2n) is 2.09. The molecule has 0 amide bonds. The van der Waals surface area contributed by atoms with Gasteiger partial charge in [0, 0.05) is 6.07 Å². The Labute approximate surface area is 57.5 Å². The molecule has 0 aliphatic heterocycles. The van der Waals surface area contributed by atoms with Crippen LogP contribution in [0.1, 0.15) is 5.56 Å². The van der Waals surface area contributed by atoms with Crippen LogP contribution in [0, 0.1) is 6.92 Å². The zero-order valence-electron chi connectivity index (χ0n) is 5.53. The van der Waals surface area contributed by atoms with Gasteiger partial charge in [0.25, 0.3) is 5.56 Å². The molecule has 0 atom stereocenters. The van der Waals surface area contributed by atoms with Crippen molar-refractivity contribution in [2.45, 2.75) is 6.92 Å². The van der Waals surface area contributed by atoms with Crippen LogP contribution in [0.25, 0.3) is 0 Å². The van der Waals surface area contributed by atoms with Crippen molar-refractivity contribution in [2.24, 2.45) is 0 Å². The van der Waals surface area contributed by atoms with E-state index in [9.17, 15) is 4.79 Å². The lowest BCUT2D eigenvalue weighted by atomic mass is 10.3. The number of nitrogens with two attached hydrogens (primary N) is 1. The lowest BCUT2D eigenvalue weighted by Crippen LogP contribution is -2.17. The molecule has 10 heavy (non-hydrogen) atoms. The molecule has 0 saturated heterocycles. The van der Waals surface area contributed by atoms with E-state index in [1.54, 1.807) is 6.92 Å². The van der Waals surface area contributed by atoms with Gasteiger partial charge in [-0.2, -0.15) is 4.73 Å². The summed E-state index contributed by atoms with van der Waals surface area (Å²) in [7, 11) is 0. The largest absolute Gasteiger partial charge is 0.425 e. The van der Waals surface area contributed by atoms with E-state index < -0.39 is 5.56 Å². The first-order valence-electron chi connectivity index (χ1n) is 2.79. The lowest BCUT2D eigenvalue weighted by Gasteiger charge is -1.99. The highest BCUT2D eigenvalue weighted by molar-refractivity contribution is 5.42. The standard InChI is InChI=1S/C6H8N2O2/c1-4-2-6(9)8(10)3-5(4)7/h2-3,10H,7H2,1H3. The number of anilines is 1. The summed E-state index contributed by atoms with van der Waals surface area (Å²) in [5.41, 5.74) is 5.98. The minimum Gasteiger partial charge on any atom is -0.425 e. The summed E-state index contributed by atoms with van der Waals surface area (Å²) in [6, 6.07) is 1.27. The Hall–Kier alpha value is -1.45. The quantitative estimate of drug-likeness (QED) is 0.497. The first kappa shape index (κ1) is 6.67. The normalized spacial score (nSPS) is 9.70. The predicted molar refractivity (Wildman–Crippen MR) is 37.0 cm³/mol. The Morgan fingerprint density at radius 2 is 2.30 bits per heavy atom. The highest BCUT2D eigenvalue weighted by Crippen LogP contribution is 2.03. The van der Waals surface area contributed by atoms with Crippen LogP contribution in [0.3, 0.4) is 0 Å². The average molecular weight is 140 g/mol. The van der Waals surface area contributed by atoms with Gasteiger partial charge in [0.05, 0.1) is 11.9 Å². The third-order valence-electron chi connectivity index (χ3n) is 1.28. The number of aryl methyl sites for hydroxylation is 1. The predicted octanol–water partition coefficient (Wildman–Crippen LogP) is -0.0238. The molecule has 54 valence electrons. The number of rotatable bonds is 0. The zero-order chi connectivity index (χ0) is 7.72. The van der Waals surface area contributed by atoms with Gasteiger partial charge in [-0.25, -0.2) is 0 Å². The molecule has 4 nitrogen and oxygen atoms in total. The highest BCUT2D eigenvalue weighted by Gasteiger charge is 1.96. The molecule has 0 unspecified atom stereocenters. The molecule has 4 heteroatoms. The van der Waals surface area contributed by atoms with Gasteiger partial charge < -0.3 is 10.9 Å². The smallest absolute Gasteiger partial charge is 0.283 e. The van der Waals surface area contributed by atoms with Gasteiger partial charge in [-0.15, -0.1) is 0 Å². The number of pyridine rings is 1. The number of nitrogen functional groups attached to an aromatic ring is 1. The third-order valence-corrected chi connectivity index (χ3v) is 1.28. The maximum Gasteiger partial charge on any atom is 0.283 e. The first-order valence-corrected chi connectivity index (χ1v) is 2.79. The number of hydrogen-bond donors (Lipinski definition) is 2. The van der Waals surface area contributed by atoms with Crippen molar-refractivity contribution < 1.29 is 5.21 Å². The fourth-order valence-corrected chi connectivity index (χ4v) is 0.632. The monoisotopic (exact) mass is 140 g/mol. The Bertz CT molecular complexity index is 303. The van der Waals surface area contributed by atoms with Gasteiger partial charge in [0.1, 0.15) is 0 Å². The molecule has 0 fully saturated rings. The molecular formula is C6H8N2O2. The number of nitrogens with zero attached hydrogens (tertiary/aromatic N) is 1. The van der Waals surface area contributed by atoms with E-state index in [4.69, 9.17) is 10.9 Å². The summed E-state index contributed by atoms with van der Waals surface area (Å²) in [4.78, 5) is 10.6. The molecule has 0 saturated carbocycles. The summed E-state index contributed by atoms with van der Waals surface area (Å²) in [5, 5.41) is 8.75. The Morgan fingerprint density at radius 3 is 2.80 bits per heavy atom. The minimum atomic E-state index is -0.466. The van der Waals surface area contributed by atoms with E-state index in [1.165, 1.54) is 12.3 Å². The van der Waals surface area contributed by atoms with Gasteiger partial charge in [-0.05, 0) is 12.5 Å². The van der Waals surface area contributed by atoms with Crippen molar-refractivity contribution >= 4 is 5.69 Å². The molecule has 3 N–H and O–H groups in total. The maximum atomic E-state index is 10.6. The average Bonchev–Trinajstić information content (AvgIpc) is 1.84. The summed E-state index contributed by atoms with van der Waals surface area (Å²) >= 11 is 0. The molecular weight excluding hydrogens is 132 g/mol. The summed E-state index contributed by atoms with van der Waals surface area (Å²) in [5.74, 6) is 0. The fraction of sp³-hybridized carbons (Fsp3) is 0.167. The third kappa shape index (κ3) is 0.953. The summed E-state index contributed by atoms with van der Waals surface area (Å²) < 4.78 is 0.461. The van der Waals surface area contributed by atoms with Crippen LogP contribution in [-0.4, -0.2) is 9.94 Å². The summed E-state index contributed by atoms with van der Waals surface area (Å²) in [6.07, 6.45) is 1.18. The number of hydrogen-bond acceptors (Lipinski definition) is 3. The molecule has 1 heterocycles. The van der Waals surface area contributed by atoms with Crippen LogP contribution in [0.4, 0.5) is 5.69 Å². The van der Waals surface area contributed by atoms with Gasteiger partial charge >= 0.3 is 0 Å². The Balaban J connectivity index is 3.43. The molecule has 0 aromatic carbocycles. The number of aromatic nitrogens is 1. The van der Waals surface area contributed by atoms with Gasteiger partial charge in [0.15, 0.2) is 0 Å². The highest BCUT2D eigenvalue weighted by atomic mass is 16.5. The van der Waals surface area contributed by atoms with Crippen LogP contribution in [-0.2, 0) is 0 Å². The lowest BCUT2D eigenvalue weighted by molar-refractivity contribution is 0.175. The summed E-state index contributed by atoms with van der Waals surface area (Å²) in [6.45, 7) is 1.71. The van der Waals surface area contributed by atoms with E-state index in [-0.39, 0.29) is 0 Å². The Kier molecular flexibility index (Phi) is 1.37. The second-order valence-corrected chi connectivity index (χ2v) is 2.09. The maximum absolute atomic E-state index is 10.6. The SMILES string of the molecule is Cc1cc(=O)n(O)cc1N. The van der Waals surface area contributed by atoms with E-state index in [0.29, 0.717) is 16.0 Å². The zero-order valence-corrected chi connectivity index (χ0v) is 5.53. The fourth-order valence-electron chi connectivity index (χ4n) is 0.632. The van der Waals surface area contributed by atoms with Crippen LogP contribution in [0.2, 0.25) is 0 Å². The van der Waals surface area contributed by atoms with Crippen LogP contribution < -0.4 is 11.3 Å². The van der Waals surface area contributed by atoms with Crippen molar-refractivity contribution in [3.8, 4) is 0 Å². The second kappa shape index (κ2) is 2.06. The molecule has 0 radical (unpaired) electrons. The van der Waals surface area contributed by atoms with Crippen molar-refractivity contribution in [3.05, 3.63) is 28.2 Å². The van der Waals surface area contributed by atoms with E-state index in [0.717, 1.165) is 0 Å². The molecule has 0 aliphatic carbocycles. The molecule has 0 spiro atoms. The van der Waals surface area contributed by atoms with Gasteiger partial charge in [0.2, 0.25) is 0 Å². The van der Waals surface area contributed by atoms with E-state index in [2.05, 4.69) is 0 Å². The van der Waals surface area contributed by atoms with E-state index >= 15 is 0 Å². The topological polar surface area (TPSA) is 68.2 Å². The first-order chi connectivity index (χ1) is 4.61. The minimum absolute atomic E-state index is 0.405. The molecule has 1 rings (SSSR count). The van der Waals surface area contributed by atoms with Crippen molar-refractivity contribution in [1.29, 1.82) is 0 Å². The molecule has 1 aromatic heterocycles. The molecule has 0 aliphatic rings. The van der Waals surface area contributed by atoms with Crippen molar-refractivity contribution in [3.63, 3.8) is 0 Å². The van der Waals surface area contributed by atoms with E-state index in [1.807, 2.05) is 0 Å². The Morgan fingerprint density at radius 1 is 1.70 bits per heavy atom. The molecule has 0 bridgehead atoms. The van der Waals surface area contributed by atoms with Crippen LogP contribution in [0.5, 0.6) is 0 Å².